The summed E-state index contributed by atoms with van der Waals surface area (Å²) in [6, 6.07) is 0. The fourth-order valence-corrected chi connectivity index (χ4v) is 2.77. The van der Waals surface area contributed by atoms with Gasteiger partial charge < -0.3 is 9.47 Å². The number of ether oxygens (including phenoxy) is 2. The van der Waals surface area contributed by atoms with E-state index in [4.69, 9.17) is 9.47 Å². The van der Waals surface area contributed by atoms with Gasteiger partial charge in [-0.25, -0.2) is 0 Å². The zero-order chi connectivity index (χ0) is 14.4. The van der Waals surface area contributed by atoms with Gasteiger partial charge in [0.2, 0.25) is 0 Å². The highest BCUT2D eigenvalue weighted by atomic mass is 16.5. The molecule has 0 heterocycles. The van der Waals surface area contributed by atoms with E-state index < -0.39 is 0 Å². The highest BCUT2D eigenvalue weighted by Gasteiger charge is 2.18. The number of hydrogen-bond donors (Lipinski definition) is 0. The number of rotatable bonds is 7. The summed E-state index contributed by atoms with van der Waals surface area (Å²) in [4.78, 5) is 0. The monoisotopic (exact) mass is 264 g/mol. The van der Waals surface area contributed by atoms with Gasteiger partial charge in [-0.2, -0.15) is 0 Å². The highest BCUT2D eigenvalue weighted by molar-refractivity contribution is 5.58. The molecule has 0 saturated heterocycles. The second-order valence-corrected chi connectivity index (χ2v) is 5.23. The van der Waals surface area contributed by atoms with Crippen molar-refractivity contribution in [2.24, 2.45) is 0 Å². The molecule has 1 aromatic rings. The van der Waals surface area contributed by atoms with Crippen molar-refractivity contribution < 1.29 is 9.47 Å². The third-order valence-corrected chi connectivity index (χ3v) is 4.00. The van der Waals surface area contributed by atoms with E-state index in [2.05, 4.69) is 27.7 Å². The lowest BCUT2D eigenvalue weighted by Crippen LogP contribution is -2.04. The molecule has 2 heteroatoms. The molecule has 0 fully saturated rings. The van der Waals surface area contributed by atoms with Gasteiger partial charge in [-0.1, -0.05) is 26.2 Å². The first kappa shape index (κ1) is 15.9. The molecule has 0 aliphatic heterocycles. The van der Waals surface area contributed by atoms with Gasteiger partial charge in [0, 0.05) is 5.56 Å². The first-order chi connectivity index (χ1) is 9.08. The van der Waals surface area contributed by atoms with E-state index in [9.17, 15) is 0 Å². The number of methoxy groups -OCH3 is 2. The van der Waals surface area contributed by atoms with Crippen LogP contribution in [-0.4, -0.2) is 14.2 Å². The predicted molar refractivity (Wildman–Crippen MR) is 81.6 cm³/mol. The Morgan fingerprint density at radius 2 is 1.32 bits per heavy atom. The van der Waals surface area contributed by atoms with Crippen molar-refractivity contribution in [3.8, 4) is 11.5 Å². The van der Waals surface area contributed by atoms with E-state index in [1.807, 2.05) is 0 Å². The average Bonchev–Trinajstić information content (AvgIpc) is 2.41. The van der Waals surface area contributed by atoms with Crippen molar-refractivity contribution in [2.75, 3.05) is 14.2 Å². The summed E-state index contributed by atoms with van der Waals surface area (Å²) in [6.45, 7) is 8.60. The van der Waals surface area contributed by atoms with Crippen molar-refractivity contribution in [2.45, 2.75) is 59.8 Å². The van der Waals surface area contributed by atoms with Crippen molar-refractivity contribution in [3.63, 3.8) is 0 Å². The summed E-state index contributed by atoms with van der Waals surface area (Å²) in [7, 11) is 3.52. The van der Waals surface area contributed by atoms with Gasteiger partial charge in [0.15, 0.2) is 0 Å². The molecule has 0 amide bonds. The minimum atomic E-state index is 1.02. The highest BCUT2D eigenvalue weighted by Crippen LogP contribution is 2.38. The molecule has 1 aromatic carbocycles. The molecule has 0 atom stereocenters. The summed E-state index contributed by atoms with van der Waals surface area (Å²) < 4.78 is 11.2. The summed E-state index contributed by atoms with van der Waals surface area (Å²) in [5, 5.41) is 0. The Hall–Kier alpha value is -1.18. The maximum atomic E-state index is 5.64. The second-order valence-electron chi connectivity index (χ2n) is 5.23. The molecule has 19 heavy (non-hydrogen) atoms. The Morgan fingerprint density at radius 1 is 0.737 bits per heavy atom. The third-order valence-electron chi connectivity index (χ3n) is 4.00. The largest absolute Gasteiger partial charge is 0.496 e. The smallest absolute Gasteiger partial charge is 0.125 e. The molecule has 0 saturated carbocycles. The lowest BCUT2D eigenvalue weighted by atomic mass is 9.93. The van der Waals surface area contributed by atoms with E-state index in [1.165, 1.54) is 47.9 Å². The van der Waals surface area contributed by atoms with Gasteiger partial charge in [0.1, 0.15) is 11.5 Å². The van der Waals surface area contributed by atoms with E-state index in [1.54, 1.807) is 14.2 Å². The molecule has 0 unspecified atom stereocenters. The Bertz CT molecular complexity index is 422. The number of benzene rings is 1. The SMILES string of the molecule is CCCCCCc1c(C)c(OC)c(C)c(C)c1OC. The van der Waals surface area contributed by atoms with Crippen LogP contribution in [0.15, 0.2) is 0 Å². The minimum absolute atomic E-state index is 1.02. The van der Waals surface area contributed by atoms with Crippen LogP contribution < -0.4 is 9.47 Å². The molecule has 0 radical (unpaired) electrons. The normalized spacial score (nSPS) is 10.6. The number of unbranched alkanes of at least 4 members (excludes halogenated alkanes) is 3. The quantitative estimate of drug-likeness (QED) is 0.661. The molecule has 0 N–H and O–H groups in total. The lowest BCUT2D eigenvalue weighted by molar-refractivity contribution is 0.390. The van der Waals surface area contributed by atoms with Gasteiger partial charge in [0.05, 0.1) is 14.2 Å². The lowest BCUT2D eigenvalue weighted by Gasteiger charge is -2.20. The molecule has 0 bridgehead atoms. The summed E-state index contributed by atoms with van der Waals surface area (Å²) in [5.41, 5.74) is 4.95. The van der Waals surface area contributed by atoms with Crippen LogP contribution in [0.5, 0.6) is 11.5 Å². The van der Waals surface area contributed by atoms with Gasteiger partial charge in [-0.3, -0.25) is 0 Å². The Balaban J connectivity index is 3.09. The maximum absolute atomic E-state index is 5.64. The van der Waals surface area contributed by atoms with E-state index in [0.29, 0.717) is 0 Å². The summed E-state index contributed by atoms with van der Waals surface area (Å²) in [5.74, 6) is 2.07. The summed E-state index contributed by atoms with van der Waals surface area (Å²) in [6.07, 6.45) is 6.16. The first-order valence-corrected chi connectivity index (χ1v) is 7.29. The molecular formula is C17H28O2. The zero-order valence-corrected chi connectivity index (χ0v) is 13.4. The van der Waals surface area contributed by atoms with Crippen LogP contribution >= 0.6 is 0 Å². The Kier molecular flexibility index (Phi) is 6.20. The summed E-state index contributed by atoms with van der Waals surface area (Å²) >= 11 is 0. The van der Waals surface area contributed by atoms with Gasteiger partial charge in [-0.05, 0) is 50.3 Å². The Labute approximate surface area is 118 Å². The van der Waals surface area contributed by atoms with E-state index >= 15 is 0 Å². The van der Waals surface area contributed by atoms with Crippen LogP contribution in [0.25, 0.3) is 0 Å². The van der Waals surface area contributed by atoms with E-state index in [0.717, 1.165) is 17.9 Å². The van der Waals surface area contributed by atoms with Crippen LogP contribution in [0.4, 0.5) is 0 Å². The third kappa shape index (κ3) is 3.43. The van der Waals surface area contributed by atoms with Gasteiger partial charge >= 0.3 is 0 Å². The second kappa shape index (κ2) is 7.42. The van der Waals surface area contributed by atoms with E-state index in [-0.39, 0.29) is 0 Å². The number of hydrogen-bond acceptors (Lipinski definition) is 2. The van der Waals surface area contributed by atoms with Crippen molar-refractivity contribution in [1.82, 2.24) is 0 Å². The maximum Gasteiger partial charge on any atom is 0.125 e. The molecule has 2 nitrogen and oxygen atoms in total. The molecule has 0 aliphatic carbocycles. The van der Waals surface area contributed by atoms with Gasteiger partial charge in [0.25, 0.3) is 0 Å². The Morgan fingerprint density at radius 3 is 1.84 bits per heavy atom. The predicted octanol–water partition coefficient (Wildman–Crippen LogP) is 4.75. The molecule has 1 rings (SSSR count). The minimum Gasteiger partial charge on any atom is -0.496 e. The first-order valence-electron chi connectivity index (χ1n) is 7.29. The van der Waals surface area contributed by atoms with Gasteiger partial charge in [-0.15, -0.1) is 0 Å². The van der Waals surface area contributed by atoms with Crippen LogP contribution in [0.2, 0.25) is 0 Å². The van der Waals surface area contributed by atoms with Crippen molar-refractivity contribution >= 4 is 0 Å². The average molecular weight is 264 g/mol. The molecule has 0 spiro atoms. The van der Waals surface area contributed by atoms with Crippen molar-refractivity contribution in [1.29, 1.82) is 0 Å². The van der Waals surface area contributed by atoms with Crippen LogP contribution in [0.3, 0.4) is 0 Å². The van der Waals surface area contributed by atoms with Crippen LogP contribution in [0.1, 0.15) is 54.9 Å². The van der Waals surface area contributed by atoms with Crippen LogP contribution in [-0.2, 0) is 6.42 Å². The molecule has 0 aliphatic rings. The topological polar surface area (TPSA) is 18.5 Å². The standard InChI is InChI=1S/C17H28O2/c1-7-8-9-10-11-15-14(4)16(18-5)12(2)13(3)17(15)19-6/h7-11H2,1-6H3. The zero-order valence-electron chi connectivity index (χ0n) is 13.4. The molecule has 108 valence electrons. The van der Waals surface area contributed by atoms with Crippen molar-refractivity contribution in [3.05, 3.63) is 22.3 Å². The fraction of sp³-hybridized carbons (Fsp3) is 0.647. The molecular weight excluding hydrogens is 236 g/mol. The van der Waals surface area contributed by atoms with Crippen LogP contribution in [0, 0.1) is 20.8 Å². The molecule has 0 aromatic heterocycles. The fourth-order valence-electron chi connectivity index (χ4n) is 2.77.